The van der Waals surface area contributed by atoms with Crippen molar-refractivity contribution >= 4 is 11.8 Å². The Bertz CT molecular complexity index is 355. The maximum atomic E-state index is 6.04. The second-order valence-electron chi connectivity index (χ2n) is 4.03. The summed E-state index contributed by atoms with van der Waals surface area (Å²) in [4.78, 5) is 5.17. The number of hydroxylamine groups is 1. The topological polar surface area (TPSA) is 69.7 Å². The van der Waals surface area contributed by atoms with Crippen LogP contribution in [0, 0.1) is 0 Å². The summed E-state index contributed by atoms with van der Waals surface area (Å²) < 4.78 is 5.72. The fraction of sp³-hybridized carbons (Fsp3) is 0.500. The van der Waals surface area contributed by atoms with Crippen LogP contribution in [0.5, 0.6) is 0 Å². The van der Waals surface area contributed by atoms with Crippen molar-refractivity contribution < 1.29 is 40.6 Å². The molecule has 0 bridgehead atoms. The minimum absolute atomic E-state index is 0. The standard InChI is InChI=1S/C12H18N2O2S.Na.H/c1-17-8-7-11(13)12(14-16-12)15-9-10-5-3-2-4-6-10;;/h2-6,11,14H,7-9,13H2,1H3;;/q;+1;-1/t11-,12?;;/m1../s1. The second-order valence-corrected chi connectivity index (χ2v) is 5.02. The Morgan fingerprint density at radius 3 is 2.72 bits per heavy atom. The van der Waals surface area contributed by atoms with Gasteiger partial charge in [-0.05, 0) is 24.0 Å². The second kappa shape index (κ2) is 7.87. The number of nitrogens with one attached hydrogen (secondary N) is 1. The van der Waals surface area contributed by atoms with E-state index >= 15 is 0 Å². The van der Waals surface area contributed by atoms with Crippen molar-refractivity contribution in [1.82, 2.24) is 5.48 Å². The van der Waals surface area contributed by atoms with Gasteiger partial charge >= 0.3 is 29.6 Å². The molecule has 4 nitrogen and oxygen atoms in total. The Morgan fingerprint density at radius 2 is 2.17 bits per heavy atom. The Morgan fingerprint density at radius 1 is 1.50 bits per heavy atom. The van der Waals surface area contributed by atoms with Crippen molar-refractivity contribution in [3.63, 3.8) is 0 Å². The van der Waals surface area contributed by atoms with Crippen LogP contribution in [0.4, 0.5) is 0 Å². The Hall–Kier alpha value is 0.410. The van der Waals surface area contributed by atoms with E-state index in [1.807, 2.05) is 30.3 Å². The van der Waals surface area contributed by atoms with Crippen LogP contribution in [-0.4, -0.2) is 24.0 Å². The molecular formula is C12H19N2NaO2S. The molecule has 0 aromatic heterocycles. The maximum absolute atomic E-state index is 6.04. The minimum atomic E-state index is -0.772. The molecule has 0 spiro atoms. The Balaban J connectivity index is 0.00000162. The van der Waals surface area contributed by atoms with Gasteiger partial charge in [0.2, 0.25) is 0 Å². The van der Waals surface area contributed by atoms with Crippen LogP contribution >= 0.6 is 11.8 Å². The monoisotopic (exact) mass is 278 g/mol. The molecule has 1 aliphatic heterocycles. The van der Waals surface area contributed by atoms with Crippen molar-refractivity contribution in [1.29, 1.82) is 0 Å². The number of hydrogen-bond acceptors (Lipinski definition) is 5. The fourth-order valence-corrected chi connectivity index (χ4v) is 2.06. The molecule has 1 aliphatic rings. The number of hydrogen-bond donors (Lipinski definition) is 2. The van der Waals surface area contributed by atoms with Crippen molar-refractivity contribution in [3.8, 4) is 0 Å². The number of benzene rings is 1. The molecule has 0 aliphatic carbocycles. The minimum Gasteiger partial charge on any atom is -1.00 e. The molecule has 1 heterocycles. The van der Waals surface area contributed by atoms with E-state index in [0.717, 1.165) is 17.7 Å². The average Bonchev–Trinajstić information content (AvgIpc) is 3.16. The number of ether oxygens (including phenoxy) is 1. The third kappa shape index (κ3) is 4.51. The first kappa shape index (κ1) is 16.5. The molecule has 1 aromatic rings. The van der Waals surface area contributed by atoms with Gasteiger partial charge in [0.05, 0.1) is 12.6 Å². The van der Waals surface area contributed by atoms with Crippen LogP contribution < -0.4 is 40.8 Å². The van der Waals surface area contributed by atoms with Crippen LogP contribution in [0.15, 0.2) is 30.3 Å². The molecule has 18 heavy (non-hydrogen) atoms. The summed E-state index contributed by atoms with van der Waals surface area (Å²) in [6.45, 7) is 0.501. The van der Waals surface area contributed by atoms with E-state index in [2.05, 4.69) is 11.7 Å². The molecule has 0 radical (unpaired) electrons. The zero-order valence-electron chi connectivity index (χ0n) is 11.9. The van der Waals surface area contributed by atoms with Gasteiger partial charge in [0, 0.05) is 0 Å². The first-order chi connectivity index (χ1) is 8.27. The maximum Gasteiger partial charge on any atom is 1.00 e. The van der Waals surface area contributed by atoms with Crippen LogP contribution in [0.3, 0.4) is 0 Å². The van der Waals surface area contributed by atoms with Gasteiger partial charge < -0.3 is 11.9 Å². The number of rotatable bonds is 7. The first-order valence-corrected chi connectivity index (χ1v) is 7.04. The largest absolute Gasteiger partial charge is 1.00 e. The smallest absolute Gasteiger partial charge is 1.00 e. The van der Waals surface area contributed by atoms with E-state index < -0.39 is 5.91 Å². The molecule has 0 saturated carbocycles. The van der Waals surface area contributed by atoms with Crippen molar-refractivity contribution in [2.24, 2.45) is 5.73 Å². The molecule has 1 unspecified atom stereocenters. The Labute approximate surface area is 136 Å². The molecule has 1 aromatic carbocycles. The van der Waals surface area contributed by atoms with Gasteiger partial charge in [-0.25, -0.2) is 4.84 Å². The molecule has 3 N–H and O–H groups in total. The van der Waals surface area contributed by atoms with Gasteiger partial charge in [-0.1, -0.05) is 30.3 Å². The van der Waals surface area contributed by atoms with Crippen LogP contribution in [0.2, 0.25) is 0 Å². The van der Waals surface area contributed by atoms with Gasteiger partial charge in [-0.2, -0.15) is 11.8 Å². The van der Waals surface area contributed by atoms with Crippen molar-refractivity contribution in [2.45, 2.75) is 25.0 Å². The van der Waals surface area contributed by atoms with Crippen molar-refractivity contribution in [3.05, 3.63) is 35.9 Å². The van der Waals surface area contributed by atoms with Gasteiger partial charge in [-0.15, -0.1) is 5.48 Å². The first-order valence-electron chi connectivity index (χ1n) is 5.64. The van der Waals surface area contributed by atoms with E-state index in [1.54, 1.807) is 11.8 Å². The predicted molar refractivity (Wildman–Crippen MR) is 70.3 cm³/mol. The van der Waals surface area contributed by atoms with E-state index in [0.29, 0.717) is 6.61 Å². The molecule has 2 atom stereocenters. The third-order valence-electron chi connectivity index (χ3n) is 2.72. The summed E-state index contributed by atoms with van der Waals surface area (Å²) in [6.07, 6.45) is 2.92. The van der Waals surface area contributed by atoms with Gasteiger partial charge in [0.15, 0.2) is 0 Å². The van der Waals surface area contributed by atoms with Gasteiger partial charge in [0.1, 0.15) is 0 Å². The fourth-order valence-electron chi connectivity index (χ4n) is 1.57. The van der Waals surface area contributed by atoms with E-state index in [1.165, 1.54) is 0 Å². The molecule has 2 rings (SSSR count). The van der Waals surface area contributed by atoms with Crippen LogP contribution in [0.1, 0.15) is 13.4 Å². The molecule has 1 saturated heterocycles. The zero-order valence-corrected chi connectivity index (χ0v) is 13.7. The summed E-state index contributed by atoms with van der Waals surface area (Å²) in [5.74, 6) is 0.230. The number of thioether (sulfide) groups is 1. The summed E-state index contributed by atoms with van der Waals surface area (Å²) >= 11 is 1.77. The molecule has 1 fully saturated rings. The Kier molecular flexibility index (Phi) is 7.20. The van der Waals surface area contributed by atoms with Crippen molar-refractivity contribution in [2.75, 3.05) is 12.0 Å². The molecule has 0 amide bonds. The van der Waals surface area contributed by atoms with Gasteiger partial charge in [0.25, 0.3) is 5.91 Å². The van der Waals surface area contributed by atoms with E-state index in [-0.39, 0.29) is 37.0 Å². The summed E-state index contributed by atoms with van der Waals surface area (Å²) in [5, 5.41) is 0. The molecular weight excluding hydrogens is 259 g/mol. The normalized spacial score (nSPS) is 23.2. The van der Waals surface area contributed by atoms with Gasteiger partial charge in [-0.3, -0.25) is 0 Å². The molecule has 6 heteroatoms. The van der Waals surface area contributed by atoms with E-state index in [4.69, 9.17) is 15.3 Å². The summed E-state index contributed by atoms with van der Waals surface area (Å²) in [6, 6.07) is 9.85. The average molecular weight is 278 g/mol. The predicted octanol–water partition coefficient (Wildman–Crippen LogP) is -1.41. The molecule has 96 valence electrons. The number of nitrogens with two attached hydrogens (primary N) is 1. The summed E-state index contributed by atoms with van der Waals surface area (Å²) in [5.41, 5.74) is 9.92. The quantitative estimate of drug-likeness (QED) is 0.474. The van der Waals surface area contributed by atoms with Crippen LogP contribution in [-0.2, 0) is 16.2 Å². The third-order valence-corrected chi connectivity index (χ3v) is 3.36. The zero-order chi connectivity index (χ0) is 12.1. The van der Waals surface area contributed by atoms with E-state index in [9.17, 15) is 0 Å². The van der Waals surface area contributed by atoms with Crippen LogP contribution in [0.25, 0.3) is 0 Å². The SMILES string of the molecule is CSCC[C@@H](N)C1(OCc2ccccc2)NO1.[H-].[Na+]. The summed E-state index contributed by atoms with van der Waals surface area (Å²) in [7, 11) is 0.